The number of aliphatic carboxylic acids is 1. The van der Waals surface area contributed by atoms with E-state index in [-0.39, 0.29) is 30.8 Å². The highest BCUT2D eigenvalue weighted by Gasteiger charge is 2.39. The molecule has 0 radical (unpaired) electrons. The molecule has 22 heavy (non-hydrogen) atoms. The first-order chi connectivity index (χ1) is 10.1. The fourth-order valence-corrected chi connectivity index (χ4v) is 2.42. The fraction of sp³-hybridized carbons (Fsp3) is 0.786. The van der Waals surface area contributed by atoms with Crippen LogP contribution < -0.4 is 0 Å². The quantitative estimate of drug-likeness (QED) is 0.837. The highest BCUT2D eigenvalue weighted by atomic mass is 32.2. The van der Waals surface area contributed by atoms with Crippen molar-refractivity contribution in [2.45, 2.75) is 44.6 Å². The second-order valence-corrected chi connectivity index (χ2v) is 7.37. The van der Waals surface area contributed by atoms with Gasteiger partial charge < -0.3 is 19.6 Å². The van der Waals surface area contributed by atoms with Crippen LogP contribution in [0.2, 0.25) is 0 Å². The smallest absolute Gasteiger partial charge is 0.410 e. The predicted molar refractivity (Wildman–Crippen MR) is 83.9 cm³/mol. The van der Waals surface area contributed by atoms with Gasteiger partial charge in [-0.15, -0.1) is 0 Å². The summed E-state index contributed by atoms with van der Waals surface area (Å²) < 4.78 is 5.26. The van der Waals surface area contributed by atoms with Gasteiger partial charge in [-0.1, -0.05) is 0 Å². The summed E-state index contributed by atoms with van der Waals surface area (Å²) in [6.07, 6.45) is 1.25. The number of thioether (sulfide) groups is 1. The third-order valence-electron chi connectivity index (χ3n) is 3.30. The first-order valence-corrected chi connectivity index (χ1v) is 8.39. The first kappa shape index (κ1) is 18.6. The van der Waals surface area contributed by atoms with E-state index in [1.165, 1.54) is 21.6 Å². The van der Waals surface area contributed by atoms with Crippen LogP contribution in [0, 0.1) is 0 Å². The van der Waals surface area contributed by atoms with E-state index in [0.717, 1.165) is 0 Å². The van der Waals surface area contributed by atoms with Crippen molar-refractivity contribution in [2.75, 3.05) is 25.9 Å². The van der Waals surface area contributed by atoms with Gasteiger partial charge >= 0.3 is 12.1 Å². The molecule has 1 aliphatic heterocycles. The van der Waals surface area contributed by atoms with Gasteiger partial charge in [0, 0.05) is 13.1 Å². The summed E-state index contributed by atoms with van der Waals surface area (Å²) in [6, 6.07) is -1.04. The summed E-state index contributed by atoms with van der Waals surface area (Å²) in [7, 11) is 0. The third-order valence-corrected chi connectivity index (χ3v) is 4.21. The number of carboxylic acids is 1. The largest absolute Gasteiger partial charge is 0.480 e. The van der Waals surface area contributed by atoms with Gasteiger partial charge in [0.15, 0.2) is 0 Å². The Balaban J connectivity index is 2.81. The van der Waals surface area contributed by atoms with Crippen LogP contribution in [0.3, 0.4) is 0 Å². The molecule has 0 aromatic heterocycles. The number of carbonyl (C=O) groups is 3. The van der Waals surface area contributed by atoms with E-state index >= 15 is 0 Å². The lowest BCUT2D eigenvalue weighted by Crippen LogP contribution is -2.61. The average molecular weight is 332 g/mol. The van der Waals surface area contributed by atoms with Crippen molar-refractivity contribution in [1.29, 1.82) is 0 Å². The lowest BCUT2D eigenvalue weighted by molar-refractivity contribution is -0.153. The number of piperazine rings is 1. The van der Waals surface area contributed by atoms with Crippen molar-refractivity contribution in [2.24, 2.45) is 0 Å². The van der Waals surface area contributed by atoms with Crippen molar-refractivity contribution in [1.82, 2.24) is 9.80 Å². The number of amides is 2. The van der Waals surface area contributed by atoms with Crippen LogP contribution in [-0.2, 0) is 14.3 Å². The maximum Gasteiger partial charge on any atom is 0.410 e. The van der Waals surface area contributed by atoms with Crippen molar-refractivity contribution in [3.8, 4) is 0 Å². The molecule has 1 rings (SSSR count). The Labute approximate surface area is 135 Å². The van der Waals surface area contributed by atoms with E-state index in [1.54, 1.807) is 34.0 Å². The Morgan fingerprint density at radius 1 is 1.27 bits per heavy atom. The molecule has 0 saturated carbocycles. The molecule has 1 fully saturated rings. The van der Waals surface area contributed by atoms with Crippen LogP contribution in [0.15, 0.2) is 0 Å². The zero-order valence-electron chi connectivity index (χ0n) is 13.7. The van der Waals surface area contributed by atoms with Crippen molar-refractivity contribution in [3.05, 3.63) is 0 Å². The van der Waals surface area contributed by atoms with E-state index in [9.17, 15) is 19.5 Å². The van der Waals surface area contributed by atoms with E-state index in [0.29, 0.717) is 0 Å². The Hall–Kier alpha value is -1.44. The Morgan fingerprint density at radius 2 is 1.86 bits per heavy atom. The molecular formula is C14H24N2O5S. The number of hydrogen-bond donors (Lipinski definition) is 1. The third kappa shape index (κ3) is 4.79. The van der Waals surface area contributed by atoms with Crippen LogP contribution in [0.1, 0.15) is 27.7 Å². The molecule has 2 unspecified atom stereocenters. The molecule has 8 heteroatoms. The predicted octanol–water partition coefficient (Wildman–Crippen LogP) is 1.27. The number of nitrogens with zero attached hydrogens (tertiary/aromatic N) is 2. The molecule has 1 aliphatic rings. The normalized spacial score (nSPS) is 20.5. The van der Waals surface area contributed by atoms with Gasteiger partial charge in [-0.25, -0.2) is 9.59 Å². The van der Waals surface area contributed by atoms with E-state index in [1.807, 2.05) is 0 Å². The highest BCUT2D eigenvalue weighted by Crippen LogP contribution is 2.18. The van der Waals surface area contributed by atoms with Gasteiger partial charge in [-0.05, 0) is 34.0 Å². The molecule has 2 atom stereocenters. The zero-order chi connectivity index (χ0) is 17.1. The maximum atomic E-state index is 12.3. The summed E-state index contributed by atoms with van der Waals surface area (Å²) in [5.74, 6) is -1.33. The second-order valence-electron chi connectivity index (χ2n) is 6.19. The SMILES string of the molecule is CSC(C)C(=O)N1CCN(C(=O)OC(C)(C)C)CC1C(=O)O. The molecule has 0 aliphatic carbocycles. The average Bonchev–Trinajstić information content (AvgIpc) is 2.43. The Kier molecular flexibility index (Phi) is 6.10. The van der Waals surface area contributed by atoms with E-state index < -0.39 is 23.7 Å². The maximum absolute atomic E-state index is 12.3. The molecule has 1 N–H and O–H groups in total. The van der Waals surface area contributed by atoms with Crippen LogP contribution in [0.25, 0.3) is 0 Å². The molecule has 1 heterocycles. The standard InChI is InChI=1S/C14H24N2O5S/c1-9(22-5)11(17)16-7-6-15(8-10(16)12(18)19)13(20)21-14(2,3)4/h9-10H,6-8H2,1-5H3,(H,18,19). The van der Waals surface area contributed by atoms with Crippen molar-refractivity contribution >= 4 is 29.7 Å². The van der Waals surface area contributed by atoms with Gasteiger partial charge in [0.05, 0.1) is 11.8 Å². The molecule has 2 amide bonds. The molecular weight excluding hydrogens is 308 g/mol. The summed E-state index contributed by atoms with van der Waals surface area (Å²) in [5.41, 5.74) is -0.643. The van der Waals surface area contributed by atoms with Crippen LogP contribution in [-0.4, -0.2) is 75.7 Å². The van der Waals surface area contributed by atoms with Gasteiger partial charge in [0.2, 0.25) is 5.91 Å². The summed E-state index contributed by atoms with van der Waals surface area (Å²) >= 11 is 1.37. The number of ether oxygens (including phenoxy) is 1. The summed E-state index contributed by atoms with van der Waals surface area (Å²) in [6.45, 7) is 7.40. The number of carboxylic acid groups (broad SMARTS) is 1. The molecule has 0 aromatic carbocycles. The van der Waals surface area contributed by atoms with E-state index in [4.69, 9.17) is 4.74 Å². The second kappa shape index (κ2) is 7.21. The minimum Gasteiger partial charge on any atom is -0.480 e. The molecule has 7 nitrogen and oxygen atoms in total. The topological polar surface area (TPSA) is 87.2 Å². The first-order valence-electron chi connectivity index (χ1n) is 7.11. The van der Waals surface area contributed by atoms with Gasteiger partial charge in [0.1, 0.15) is 11.6 Å². The van der Waals surface area contributed by atoms with Gasteiger partial charge in [-0.3, -0.25) is 4.79 Å². The van der Waals surface area contributed by atoms with Crippen molar-refractivity contribution < 1.29 is 24.2 Å². The monoisotopic (exact) mass is 332 g/mol. The van der Waals surface area contributed by atoms with Gasteiger partial charge in [0.25, 0.3) is 0 Å². The zero-order valence-corrected chi connectivity index (χ0v) is 14.5. The summed E-state index contributed by atoms with van der Waals surface area (Å²) in [4.78, 5) is 38.4. The van der Waals surface area contributed by atoms with Crippen LogP contribution in [0.4, 0.5) is 4.79 Å². The lowest BCUT2D eigenvalue weighted by Gasteiger charge is -2.40. The minimum absolute atomic E-state index is 0.0584. The van der Waals surface area contributed by atoms with Gasteiger partial charge in [-0.2, -0.15) is 11.8 Å². The number of carbonyl (C=O) groups excluding carboxylic acids is 2. The lowest BCUT2D eigenvalue weighted by atomic mass is 10.1. The molecule has 0 aromatic rings. The van der Waals surface area contributed by atoms with Crippen LogP contribution >= 0.6 is 11.8 Å². The molecule has 0 spiro atoms. The highest BCUT2D eigenvalue weighted by molar-refractivity contribution is 7.99. The Morgan fingerprint density at radius 3 is 2.32 bits per heavy atom. The minimum atomic E-state index is -1.12. The fourth-order valence-electron chi connectivity index (χ4n) is 2.08. The van der Waals surface area contributed by atoms with E-state index in [2.05, 4.69) is 0 Å². The molecule has 1 saturated heterocycles. The summed E-state index contributed by atoms with van der Waals surface area (Å²) in [5, 5.41) is 9.05. The number of rotatable bonds is 3. The number of hydrogen-bond acceptors (Lipinski definition) is 5. The molecule has 0 bridgehead atoms. The van der Waals surface area contributed by atoms with Crippen molar-refractivity contribution in [3.63, 3.8) is 0 Å². The van der Waals surface area contributed by atoms with Crippen LogP contribution in [0.5, 0.6) is 0 Å². The Bertz CT molecular complexity index is 449. The molecule has 126 valence electrons.